The summed E-state index contributed by atoms with van der Waals surface area (Å²) in [5.41, 5.74) is -1.06. The third-order valence-corrected chi connectivity index (χ3v) is 3.11. The average molecular weight is 250 g/mol. The molecule has 1 saturated carbocycles. The molecule has 7 heteroatoms. The molecule has 1 aliphatic rings. The van der Waals surface area contributed by atoms with Gasteiger partial charge in [-0.05, 0) is 24.4 Å². The standard InChI is InChI=1S/C8H9ClFN3OS/c9-7(10)8(14)11-3-5-6(4-1-2-4)12-13-15-5/h4,7H,1-3H2,(H,11,14). The Morgan fingerprint density at radius 2 is 2.47 bits per heavy atom. The highest BCUT2D eigenvalue weighted by Crippen LogP contribution is 2.41. The van der Waals surface area contributed by atoms with Gasteiger partial charge in [-0.1, -0.05) is 16.1 Å². The lowest BCUT2D eigenvalue weighted by Crippen LogP contribution is -2.28. The van der Waals surface area contributed by atoms with Crippen molar-refractivity contribution in [2.75, 3.05) is 0 Å². The van der Waals surface area contributed by atoms with Crippen LogP contribution in [0.5, 0.6) is 0 Å². The maximum absolute atomic E-state index is 12.3. The highest BCUT2D eigenvalue weighted by atomic mass is 35.5. The number of alkyl halides is 2. The van der Waals surface area contributed by atoms with E-state index >= 15 is 0 Å². The van der Waals surface area contributed by atoms with Crippen LogP contribution < -0.4 is 5.32 Å². The minimum absolute atomic E-state index is 0.259. The van der Waals surface area contributed by atoms with Gasteiger partial charge in [0.2, 0.25) is 0 Å². The van der Waals surface area contributed by atoms with Gasteiger partial charge in [0.25, 0.3) is 11.5 Å². The molecular weight excluding hydrogens is 241 g/mol. The maximum atomic E-state index is 12.3. The molecule has 1 unspecified atom stereocenters. The highest BCUT2D eigenvalue weighted by Gasteiger charge is 2.29. The molecule has 0 bridgehead atoms. The summed E-state index contributed by atoms with van der Waals surface area (Å²) in [6, 6.07) is 0. The summed E-state index contributed by atoms with van der Waals surface area (Å²) in [6.45, 7) is 0.259. The Hall–Kier alpha value is -0.750. The molecule has 82 valence electrons. The zero-order valence-corrected chi connectivity index (χ0v) is 9.32. The van der Waals surface area contributed by atoms with Gasteiger partial charge in [0.1, 0.15) is 0 Å². The van der Waals surface area contributed by atoms with Crippen LogP contribution in [0.4, 0.5) is 4.39 Å². The number of aromatic nitrogens is 2. The van der Waals surface area contributed by atoms with Crippen molar-refractivity contribution in [3.63, 3.8) is 0 Å². The van der Waals surface area contributed by atoms with Crippen LogP contribution in [0.2, 0.25) is 0 Å². The number of carbonyl (C=O) groups is 1. The topological polar surface area (TPSA) is 54.9 Å². The number of rotatable bonds is 4. The lowest BCUT2D eigenvalue weighted by molar-refractivity contribution is -0.123. The van der Waals surface area contributed by atoms with Gasteiger partial charge in [-0.15, -0.1) is 5.10 Å². The fourth-order valence-corrected chi connectivity index (χ4v) is 1.99. The monoisotopic (exact) mass is 249 g/mol. The molecule has 0 saturated heterocycles. The van der Waals surface area contributed by atoms with Crippen molar-refractivity contribution in [2.45, 2.75) is 30.9 Å². The Balaban J connectivity index is 1.93. The number of hydrogen-bond acceptors (Lipinski definition) is 4. The van der Waals surface area contributed by atoms with Crippen LogP contribution in [0, 0.1) is 0 Å². The normalized spacial score (nSPS) is 17.5. The molecule has 15 heavy (non-hydrogen) atoms. The van der Waals surface area contributed by atoms with Crippen LogP contribution in [0.15, 0.2) is 0 Å². The van der Waals surface area contributed by atoms with Crippen LogP contribution in [-0.2, 0) is 11.3 Å². The van der Waals surface area contributed by atoms with E-state index in [2.05, 4.69) is 14.9 Å². The van der Waals surface area contributed by atoms with Crippen LogP contribution in [0.25, 0.3) is 0 Å². The van der Waals surface area contributed by atoms with Crippen molar-refractivity contribution in [1.82, 2.24) is 14.9 Å². The summed E-state index contributed by atoms with van der Waals surface area (Å²) in [6.07, 6.45) is 2.24. The smallest absolute Gasteiger partial charge is 0.270 e. The molecule has 1 aromatic heterocycles. The molecule has 0 aliphatic heterocycles. The molecule has 0 spiro atoms. The van der Waals surface area contributed by atoms with Crippen molar-refractivity contribution in [3.8, 4) is 0 Å². The van der Waals surface area contributed by atoms with E-state index in [9.17, 15) is 9.18 Å². The van der Waals surface area contributed by atoms with Gasteiger partial charge in [-0.3, -0.25) is 4.79 Å². The minimum Gasteiger partial charge on any atom is -0.347 e. The molecule has 1 fully saturated rings. The summed E-state index contributed by atoms with van der Waals surface area (Å²) < 4.78 is 16.1. The summed E-state index contributed by atoms with van der Waals surface area (Å²) in [5, 5.41) is 6.38. The maximum Gasteiger partial charge on any atom is 0.270 e. The van der Waals surface area contributed by atoms with E-state index < -0.39 is 11.5 Å². The lowest BCUT2D eigenvalue weighted by Gasteiger charge is -2.03. The van der Waals surface area contributed by atoms with E-state index in [4.69, 9.17) is 11.6 Å². The number of nitrogens with one attached hydrogen (secondary N) is 1. The third-order valence-electron chi connectivity index (χ3n) is 2.17. The van der Waals surface area contributed by atoms with Gasteiger partial charge in [0.15, 0.2) is 0 Å². The minimum atomic E-state index is -1.99. The fraction of sp³-hybridized carbons (Fsp3) is 0.625. The second-order valence-corrected chi connectivity index (χ2v) is 4.60. The van der Waals surface area contributed by atoms with E-state index in [0.29, 0.717) is 5.92 Å². The molecule has 2 rings (SSSR count). The van der Waals surface area contributed by atoms with Crippen LogP contribution in [0.1, 0.15) is 29.3 Å². The number of hydrogen-bond donors (Lipinski definition) is 1. The molecule has 1 aromatic rings. The first-order chi connectivity index (χ1) is 7.18. The van der Waals surface area contributed by atoms with Gasteiger partial charge < -0.3 is 5.32 Å². The average Bonchev–Trinajstić information content (AvgIpc) is 2.94. The quantitative estimate of drug-likeness (QED) is 0.824. The number of halogens is 2. The summed E-state index contributed by atoms with van der Waals surface area (Å²) >= 11 is 6.21. The predicted molar refractivity (Wildman–Crippen MR) is 54.5 cm³/mol. The van der Waals surface area contributed by atoms with Crippen LogP contribution >= 0.6 is 23.1 Å². The van der Waals surface area contributed by atoms with Gasteiger partial charge in [0, 0.05) is 5.92 Å². The molecule has 1 amide bonds. The van der Waals surface area contributed by atoms with E-state index in [-0.39, 0.29) is 6.54 Å². The zero-order valence-electron chi connectivity index (χ0n) is 7.74. The Morgan fingerprint density at radius 1 is 1.73 bits per heavy atom. The molecule has 0 radical (unpaired) electrons. The van der Waals surface area contributed by atoms with Crippen molar-refractivity contribution in [2.24, 2.45) is 0 Å². The van der Waals surface area contributed by atoms with E-state index in [1.165, 1.54) is 11.5 Å². The second kappa shape index (κ2) is 4.40. The number of nitrogens with zero attached hydrogens (tertiary/aromatic N) is 2. The summed E-state index contributed by atoms with van der Waals surface area (Å²) in [4.78, 5) is 11.8. The third kappa shape index (κ3) is 2.63. The Kier molecular flexibility index (Phi) is 3.16. The Labute approximate surface area is 95.0 Å². The lowest BCUT2D eigenvalue weighted by atomic mass is 10.2. The molecule has 1 heterocycles. The molecular formula is C8H9ClFN3OS. The largest absolute Gasteiger partial charge is 0.347 e. The highest BCUT2D eigenvalue weighted by molar-refractivity contribution is 7.05. The Bertz CT molecular complexity index is 367. The molecule has 4 nitrogen and oxygen atoms in total. The number of carbonyl (C=O) groups excluding carboxylic acids is 1. The molecule has 1 N–H and O–H groups in total. The summed E-state index contributed by atoms with van der Waals surface area (Å²) in [5.74, 6) is -0.334. The van der Waals surface area contributed by atoms with Gasteiger partial charge in [-0.2, -0.15) is 0 Å². The van der Waals surface area contributed by atoms with E-state index in [1.54, 1.807) is 0 Å². The van der Waals surface area contributed by atoms with Crippen molar-refractivity contribution >= 4 is 29.0 Å². The SMILES string of the molecule is O=C(NCc1snnc1C1CC1)C(F)Cl. The fourth-order valence-electron chi connectivity index (χ4n) is 1.25. The molecule has 1 atom stereocenters. The predicted octanol–water partition coefficient (Wildman–Crippen LogP) is 1.57. The van der Waals surface area contributed by atoms with Crippen molar-refractivity contribution in [1.29, 1.82) is 0 Å². The van der Waals surface area contributed by atoms with E-state index in [0.717, 1.165) is 23.4 Å². The van der Waals surface area contributed by atoms with Crippen molar-refractivity contribution in [3.05, 3.63) is 10.6 Å². The second-order valence-electron chi connectivity index (χ2n) is 3.37. The Morgan fingerprint density at radius 3 is 3.07 bits per heavy atom. The van der Waals surface area contributed by atoms with Crippen LogP contribution in [-0.4, -0.2) is 21.1 Å². The number of amides is 1. The first-order valence-electron chi connectivity index (χ1n) is 4.55. The molecule has 0 aromatic carbocycles. The van der Waals surface area contributed by atoms with E-state index in [1.807, 2.05) is 0 Å². The van der Waals surface area contributed by atoms with Crippen LogP contribution in [0.3, 0.4) is 0 Å². The van der Waals surface area contributed by atoms with Gasteiger partial charge in [-0.25, -0.2) is 4.39 Å². The first kappa shape index (κ1) is 10.8. The van der Waals surface area contributed by atoms with Gasteiger partial charge >= 0.3 is 0 Å². The summed E-state index contributed by atoms with van der Waals surface area (Å²) in [7, 11) is 0. The van der Waals surface area contributed by atoms with Crippen molar-refractivity contribution < 1.29 is 9.18 Å². The molecule has 1 aliphatic carbocycles. The first-order valence-corrected chi connectivity index (χ1v) is 5.76. The van der Waals surface area contributed by atoms with Gasteiger partial charge in [0.05, 0.1) is 17.1 Å². The zero-order chi connectivity index (χ0) is 10.8.